The van der Waals surface area contributed by atoms with Gasteiger partial charge in [0, 0.05) is 33.1 Å². The second-order valence-electron chi connectivity index (χ2n) is 7.03. The number of hydrogen-bond acceptors (Lipinski definition) is 7. The minimum atomic E-state index is -0.880. The summed E-state index contributed by atoms with van der Waals surface area (Å²) in [5.41, 5.74) is 0.930. The Hall–Kier alpha value is -2.78. The molecule has 3 aromatic rings. The molecular weight excluding hydrogens is 422 g/mol. The fraction of sp³-hybridized carbons (Fsp3) is 0.333. The Morgan fingerprint density at radius 2 is 1.70 bits per heavy atom. The number of aromatic nitrogens is 1. The van der Waals surface area contributed by atoms with Gasteiger partial charge in [-0.05, 0) is 31.2 Å². The van der Waals surface area contributed by atoms with Gasteiger partial charge in [-0.25, -0.2) is 9.78 Å². The average Bonchev–Trinajstić information content (AvgIpc) is 3.40. The van der Waals surface area contributed by atoms with Crippen molar-refractivity contribution in [2.24, 2.45) is 0 Å². The molecule has 1 unspecified atom stereocenters. The molecule has 2 aromatic heterocycles. The maximum atomic E-state index is 12.6. The zero-order valence-electron chi connectivity index (χ0n) is 16.7. The van der Waals surface area contributed by atoms with Gasteiger partial charge in [-0.2, -0.15) is 0 Å². The third kappa shape index (κ3) is 4.22. The molecule has 7 nitrogen and oxygen atoms in total. The number of piperazine rings is 1. The Bertz CT molecular complexity index is 1070. The topological polar surface area (TPSA) is 79.8 Å². The van der Waals surface area contributed by atoms with Crippen LogP contribution in [0.2, 0.25) is 0 Å². The largest absolute Gasteiger partial charge is 0.448 e. The molecule has 2 amide bonds. The van der Waals surface area contributed by atoms with Gasteiger partial charge >= 0.3 is 5.97 Å². The van der Waals surface area contributed by atoms with Crippen LogP contribution in [0.4, 0.5) is 0 Å². The molecule has 1 aliphatic rings. The first-order chi connectivity index (χ1) is 14.4. The van der Waals surface area contributed by atoms with Crippen LogP contribution >= 0.6 is 22.7 Å². The van der Waals surface area contributed by atoms with Gasteiger partial charge in [0.2, 0.25) is 5.91 Å². The quantitative estimate of drug-likeness (QED) is 0.578. The highest BCUT2D eigenvalue weighted by Gasteiger charge is 2.28. The normalized spacial score (nSPS) is 15.3. The summed E-state index contributed by atoms with van der Waals surface area (Å²) in [5.74, 6) is -0.756. The molecule has 1 aromatic carbocycles. The van der Waals surface area contributed by atoms with Crippen LogP contribution in [-0.4, -0.2) is 64.9 Å². The molecule has 3 heterocycles. The van der Waals surface area contributed by atoms with Gasteiger partial charge in [0.05, 0.1) is 15.1 Å². The fourth-order valence-electron chi connectivity index (χ4n) is 3.31. The number of esters is 1. The maximum Gasteiger partial charge on any atom is 0.349 e. The zero-order valence-corrected chi connectivity index (χ0v) is 18.3. The van der Waals surface area contributed by atoms with Crippen LogP contribution < -0.4 is 0 Å². The predicted octanol–water partition coefficient (Wildman–Crippen LogP) is 3.26. The minimum absolute atomic E-state index is 0.00296. The molecule has 156 valence electrons. The van der Waals surface area contributed by atoms with Crippen molar-refractivity contribution in [2.45, 2.75) is 20.0 Å². The van der Waals surface area contributed by atoms with Crippen molar-refractivity contribution >= 4 is 50.7 Å². The Morgan fingerprint density at radius 3 is 2.40 bits per heavy atom. The number of thiazole rings is 1. The molecule has 0 saturated carbocycles. The molecule has 30 heavy (non-hydrogen) atoms. The number of rotatable bonds is 4. The minimum Gasteiger partial charge on any atom is -0.448 e. The summed E-state index contributed by atoms with van der Waals surface area (Å²) in [4.78, 5) is 45.9. The van der Waals surface area contributed by atoms with Crippen LogP contribution in [0.15, 0.2) is 36.4 Å². The van der Waals surface area contributed by atoms with Gasteiger partial charge in [0.15, 0.2) is 6.10 Å². The van der Waals surface area contributed by atoms with E-state index in [-0.39, 0.29) is 11.8 Å². The Morgan fingerprint density at radius 1 is 1.00 bits per heavy atom. The van der Waals surface area contributed by atoms with Crippen LogP contribution in [-0.2, 0) is 14.3 Å². The molecule has 0 spiro atoms. The molecule has 1 fully saturated rings. The molecule has 1 aliphatic heterocycles. The molecule has 0 bridgehead atoms. The van der Waals surface area contributed by atoms with Crippen molar-refractivity contribution in [3.8, 4) is 9.88 Å². The van der Waals surface area contributed by atoms with E-state index in [0.29, 0.717) is 31.1 Å². The number of hydrogen-bond donors (Lipinski definition) is 0. The number of carbonyl (C=O) groups excluding carboxylic acids is 3. The SMILES string of the molecule is CC(=O)N1CCN(C(=O)C(C)OC(=O)c2ccc(-c3nc4ccccc4s3)s2)CC1. The second-order valence-corrected chi connectivity index (χ2v) is 9.14. The lowest BCUT2D eigenvalue weighted by Gasteiger charge is -2.35. The summed E-state index contributed by atoms with van der Waals surface area (Å²) >= 11 is 2.88. The zero-order chi connectivity index (χ0) is 21.3. The van der Waals surface area contributed by atoms with E-state index in [1.807, 2.05) is 30.3 Å². The first-order valence-corrected chi connectivity index (χ1v) is 11.3. The van der Waals surface area contributed by atoms with Crippen LogP contribution in [0.25, 0.3) is 20.1 Å². The molecule has 1 saturated heterocycles. The summed E-state index contributed by atoms with van der Waals surface area (Å²) in [6.07, 6.45) is -0.880. The van der Waals surface area contributed by atoms with Crippen LogP contribution in [0.3, 0.4) is 0 Å². The highest BCUT2D eigenvalue weighted by atomic mass is 32.1. The first kappa shape index (κ1) is 20.5. The summed E-state index contributed by atoms with van der Waals surface area (Å²) < 4.78 is 6.51. The van der Waals surface area contributed by atoms with Gasteiger partial charge in [-0.1, -0.05) is 12.1 Å². The van der Waals surface area contributed by atoms with E-state index < -0.39 is 12.1 Å². The molecule has 0 N–H and O–H groups in total. The van der Waals surface area contributed by atoms with E-state index in [9.17, 15) is 14.4 Å². The van der Waals surface area contributed by atoms with Gasteiger partial charge < -0.3 is 14.5 Å². The van der Waals surface area contributed by atoms with Crippen LogP contribution in [0.1, 0.15) is 23.5 Å². The molecule has 0 aliphatic carbocycles. The number of ether oxygens (including phenoxy) is 1. The standard InChI is InChI=1S/C21H21N3O4S2/c1-13(20(26)24-11-9-23(10-12-24)14(2)25)28-21(27)18-8-7-17(29-18)19-22-15-5-3-4-6-16(15)30-19/h3-8,13H,9-12H2,1-2H3. The second kappa shape index (κ2) is 8.53. The third-order valence-corrected chi connectivity index (χ3v) is 7.25. The number of para-hydroxylation sites is 1. The van der Waals surface area contributed by atoms with E-state index in [1.54, 1.807) is 34.1 Å². The average molecular weight is 444 g/mol. The summed E-state index contributed by atoms with van der Waals surface area (Å²) in [7, 11) is 0. The molecule has 4 rings (SSSR count). The number of nitrogens with zero attached hydrogens (tertiary/aromatic N) is 3. The smallest absolute Gasteiger partial charge is 0.349 e. The highest BCUT2D eigenvalue weighted by molar-refractivity contribution is 7.26. The van der Waals surface area contributed by atoms with E-state index in [1.165, 1.54) is 18.3 Å². The van der Waals surface area contributed by atoms with E-state index in [0.717, 1.165) is 20.1 Å². The highest BCUT2D eigenvalue weighted by Crippen LogP contribution is 2.34. The molecular formula is C21H21N3O4S2. The van der Waals surface area contributed by atoms with Crippen LogP contribution in [0.5, 0.6) is 0 Å². The Balaban J connectivity index is 1.38. The first-order valence-electron chi connectivity index (χ1n) is 9.63. The summed E-state index contributed by atoms with van der Waals surface area (Å²) in [5, 5.41) is 0.854. The van der Waals surface area contributed by atoms with Gasteiger partial charge in [0.1, 0.15) is 9.88 Å². The van der Waals surface area contributed by atoms with Crippen molar-refractivity contribution in [3.63, 3.8) is 0 Å². The lowest BCUT2D eigenvalue weighted by atomic mass is 10.2. The van der Waals surface area contributed by atoms with E-state index in [2.05, 4.69) is 4.98 Å². The van der Waals surface area contributed by atoms with Gasteiger partial charge in [-0.3, -0.25) is 9.59 Å². The summed E-state index contributed by atoms with van der Waals surface area (Å²) in [6.45, 7) is 4.99. The lowest BCUT2D eigenvalue weighted by molar-refractivity contribution is -0.144. The number of benzene rings is 1. The molecule has 9 heteroatoms. The molecule has 1 atom stereocenters. The predicted molar refractivity (Wildman–Crippen MR) is 117 cm³/mol. The summed E-state index contributed by atoms with van der Waals surface area (Å²) in [6, 6.07) is 11.5. The van der Waals surface area contributed by atoms with Crippen molar-refractivity contribution in [2.75, 3.05) is 26.2 Å². The Labute approximate surface area is 181 Å². The van der Waals surface area contributed by atoms with Crippen molar-refractivity contribution in [1.29, 1.82) is 0 Å². The number of carbonyl (C=O) groups is 3. The molecule has 0 radical (unpaired) electrons. The van der Waals surface area contributed by atoms with E-state index >= 15 is 0 Å². The third-order valence-electron chi connectivity index (χ3n) is 4.98. The number of thiophene rings is 1. The maximum absolute atomic E-state index is 12.6. The Kier molecular flexibility index (Phi) is 5.83. The number of fused-ring (bicyclic) bond motifs is 1. The van der Waals surface area contributed by atoms with Crippen molar-refractivity contribution in [1.82, 2.24) is 14.8 Å². The number of amides is 2. The monoisotopic (exact) mass is 443 g/mol. The van der Waals surface area contributed by atoms with E-state index in [4.69, 9.17) is 4.74 Å². The van der Waals surface area contributed by atoms with Gasteiger partial charge in [-0.15, -0.1) is 22.7 Å². The van der Waals surface area contributed by atoms with Gasteiger partial charge in [0.25, 0.3) is 5.91 Å². The van der Waals surface area contributed by atoms with Crippen LogP contribution in [0, 0.1) is 0 Å². The lowest BCUT2D eigenvalue weighted by Crippen LogP contribution is -2.52. The van der Waals surface area contributed by atoms with Crippen molar-refractivity contribution < 1.29 is 19.1 Å². The fourth-order valence-corrected chi connectivity index (χ4v) is 5.22. The van der Waals surface area contributed by atoms with Crippen molar-refractivity contribution in [3.05, 3.63) is 41.3 Å².